The number of rotatable bonds is 7. The third-order valence-electron chi connectivity index (χ3n) is 3.62. The first-order valence-corrected chi connectivity index (χ1v) is 9.75. The Balaban J connectivity index is 1.85. The molecule has 0 radical (unpaired) electrons. The van der Waals surface area contributed by atoms with E-state index in [1.54, 1.807) is 48.5 Å². The Bertz CT molecular complexity index is 1020. The van der Waals surface area contributed by atoms with Crippen LogP contribution in [0, 0.1) is 5.82 Å². The van der Waals surface area contributed by atoms with Gasteiger partial charge in [0.25, 0.3) is 10.0 Å². The van der Waals surface area contributed by atoms with Crippen LogP contribution in [0.1, 0.15) is 6.92 Å². The van der Waals surface area contributed by atoms with Gasteiger partial charge in [-0.1, -0.05) is 24.3 Å². The molecule has 0 atom stereocenters. The van der Waals surface area contributed by atoms with Gasteiger partial charge in [0.1, 0.15) is 22.2 Å². The van der Waals surface area contributed by atoms with E-state index >= 15 is 0 Å². The zero-order valence-electron chi connectivity index (χ0n) is 14.6. The van der Waals surface area contributed by atoms with Crippen LogP contribution in [0.4, 0.5) is 10.1 Å². The molecule has 0 bridgehead atoms. The van der Waals surface area contributed by atoms with Gasteiger partial charge >= 0.3 is 0 Å². The van der Waals surface area contributed by atoms with Crippen LogP contribution < -0.4 is 14.2 Å². The van der Waals surface area contributed by atoms with E-state index < -0.39 is 20.7 Å². The van der Waals surface area contributed by atoms with Gasteiger partial charge in [-0.3, -0.25) is 4.72 Å². The zero-order chi connectivity index (χ0) is 19.3. The SMILES string of the molecule is CCOc1ccc(Oc2ccccc2NS(=O)(=O)c2ccccc2F)cc1. The molecule has 0 saturated heterocycles. The molecule has 0 fully saturated rings. The highest BCUT2D eigenvalue weighted by Crippen LogP contribution is 2.32. The molecule has 27 heavy (non-hydrogen) atoms. The average molecular weight is 387 g/mol. The predicted octanol–water partition coefficient (Wildman–Crippen LogP) is 4.82. The zero-order valence-corrected chi connectivity index (χ0v) is 15.4. The van der Waals surface area contributed by atoms with E-state index in [9.17, 15) is 12.8 Å². The van der Waals surface area contributed by atoms with Gasteiger partial charge in [-0.25, -0.2) is 12.8 Å². The summed E-state index contributed by atoms with van der Waals surface area (Å²) in [6.07, 6.45) is 0. The molecule has 0 aromatic heterocycles. The number of ether oxygens (including phenoxy) is 2. The molecule has 3 rings (SSSR count). The standard InChI is InChI=1S/C20H18FNO4S/c1-2-25-15-11-13-16(14-12-15)26-19-9-5-4-8-18(19)22-27(23,24)20-10-6-3-7-17(20)21/h3-14,22H,2H2,1H3. The molecule has 0 aliphatic carbocycles. The number of benzene rings is 3. The molecule has 0 aliphatic heterocycles. The highest BCUT2D eigenvalue weighted by atomic mass is 32.2. The summed E-state index contributed by atoms with van der Waals surface area (Å²) in [5.74, 6) is 0.686. The number of sulfonamides is 1. The number of anilines is 1. The minimum Gasteiger partial charge on any atom is -0.494 e. The molecule has 5 nitrogen and oxygen atoms in total. The summed E-state index contributed by atoms with van der Waals surface area (Å²) in [5.41, 5.74) is 0.203. The summed E-state index contributed by atoms with van der Waals surface area (Å²) in [7, 11) is -4.10. The molecule has 0 unspecified atom stereocenters. The van der Waals surface area contributed by atoms with Crippen LogP contribution in [-0.2, 0) is 10.0 Å². The molecule has 3 aromatic rings. The molecule has 0 amide bonds. The summed E-state index contributed by atoms with van der Waals surface area (Å²) in [6.45, 7) is 2.45. The smallest absolute Gasteiger partial charge is 0.264 e. The number of hydrogen-bond acceptors (Lipinski definition) is 4. The lowest BCUT2D eigenvalue weighted by atomic mass is 10.3. The largest absolute Gasteiger partial charge is 0.494 e. The lowest BCUT2D eigenvalue weighted by Crippen LogP contribution is -2.15. The monoisotopic (exact) mass is 387 g/mol. The molecular formula is C20H18FNO4S. The van der Waals surface area contributed by atoms with Crippen LogP contribution >= 0.6 is 0 Å². The van der Waals surface area contributed by atoms with Gasteiger partial charge in [0.05, 0.1) is 12.3 Å². The van der Waals surface area contributed by atoms with E-state index in [-0.39, 0.29) is 5.69 Å². The summed E-state index contributed by atoms with van der Waals surface area (Å²) < 4.78 is 52.4. The Morgan fingerprint density at radius 3 is 2.22 bits per heavy atom. The van der Waals surface area contributed by atoms with E-state index in [1.165, 1.54) is 18.2 Å². The van der Waals surface area contributed by atoms with Gasteiger partial charge in [0.15, 0.2) is 5.75 Å². The third-order valence-corrected chi connectivity index (χ3v) is 5.02. The van der Waals surface area contributed by atoms with Gasteiger partial charge in [-0.2, -0.15) is 0 Å². The van der Waals surface area contributed by atoms with Gasteiger partial charge < -0.3 is 9.47 Å². The minimum atomic E-state index is -4.10. The Hall–Kier alpha value is -3.06. The van der Waals surface area contributed by atoms with Gasteiger partial charge in [-0.05, 0) is 55.5 Å². The molecular weight excluding hydrogens is 369 g/mol. The van der Waals surface area contributed by atoms with Crippen molar-refractivity contribution in [3.8, 4) is 17.2 Å². The second-order valence-corrected chi connectivity index (χ2v) is 7.19. The molecule has 3 aromatic carbocycles. The van der Waals surface area contributed by atoms with Crippen LogP contribution in [0.15, 0.2) is 77.7 Å². The summed E-state index contributed by atoms with van der Waals surface area (Å²) in [4.78, 5) is -0.430. The summed E-state index contributed by atoms with van der Waals surface area (Å²) in [5, 5.41) is 0. The molecule has 0 spiro atoms. The molecule has 0 aliphatic rings. The van der Waals surface area contributed by atoms with Crippen LogP contribution in [0.25, 0.3) is 0 Å². The Morgan fingerprint density at radius 1 is 0.889 bits per heavy atom. The Labute approximate surface area is 157 Å². The summed E-state index contributed by atoms with van der Waals surface area (Å²) in [6, 6.07) is 18.7. The van der Waals surface area contributed by atoms with Crippen LogP contribution in [0.5, 0.6) is 17.2 Å². The maximum Gasteiger partial charge on any atom is 0.264 e. The lowest BCUT2D eigenvalue weighted by molar-refractivity contribution is 0.339. The second-order valence-electron chi connectivity index (χ2n) is 5.54. The third kappa shape index (κ3) is 4.57. The van der Waals surface area contributed by atoms with E-state index in [1.807, 2.05) is 6.92 Å². The highest BCUT2D eigenvalue weighted by molar-refractivity contribution is 7.92. The van der Waals surface area contributed by atoms with Crippen molar-refractivity contribution >= 4 is 15.7 Å². The fourth-order valence-corrected chi connectivity index (χ4v) is 3.55. The topological polar surface area (TPSA) is 64.6 Å². The summed E-state index contributed by atoms with van der Waals surface area (Å²) >= 11 is 0. The minimum absolute atomic E-state index is 0.203. The van der Waals surface area contributed by atoms with Gasteiger partial charge in [0.2, 0.25) is 0 Å². The van der Waals surface area contributed by atoms with E-state index in [0.717, 1.165) is 6.07 Å². The van der Waals surface area contributed by atoms with Crippen molar-refractivity contribution in [1.82, 2.24) is 0 Å². The van der Waals surface area contributed by atoms with Crippen molar-refractivity contribution in [2.24, 2.45) is 0 Å². The second kappa shape index (κ2) is 8.09. The Kier molecular flexibility index (Phi) is 5.61. The van der Waals surface area contributed by atoms with Crippen LogP contribution in [-0.4, -0.2) is 15.0 Å². The van der Waals surface area contributed by atoms with Crippen molar-refractivity contribution in [2.75, 3.05) is 11.3 Å². The molecule has 0 heterocycles. The number of nitrogens with one attached hydrogen (secondary N) is 1. The van der Waals surface area contributed by atoms with Crippen molar-refractivity contribution in [2.45, 2.75) is 11.8 Å². The predicted molar refractivity (Wildman–Crippen MR) is 101 cm³/mol. The van der Waals surface area contributed by atoms with Crippen molar-refractivity contribution in [1.29, 1.82) is 0 Å². The normalized spacial score (nSPS) is 11.0. The average Bonchev–Trinajstić information content (AvgIpc) is 2.65. The molecule has 1 N–H and O–H groups in total. The molecule has 0 saturated carbocycles. The number of hydrogen-bond donors (Lipinski definition) is 1. The van der Waals surface area contributed by atoms with E-state index in [2.05, 4.69) is 4.72 Å². The molecule has 140 valence electrons. The fraction of sp³-hybridized carbons (Fsp3) is 0.100. The number of halogens is 1. The quantitative estimate of drug-likeness (QED) is 0.631. The maximum atomic E-state index is 13.9. The van der Waals surface area contributed by atoms with E-state index in [4.69, 9.17) is 9.47 Å². The first-order valence-electron chi connectivity index (χ1n) is 8.26. The van der Waals surface area contributed by atoms with Crippen LogP contribution in [0.3, 0.4) is 0 Å². The van der Waals surface area contributed by atoms with E-state index in [0.29, 0.717) is 23.9 Å². The maximum absolute atomic E-state index is 13.9. The Morgan fingerprint density at radius 2 is 1.52 bits per heavy atom. The number of para-hydroxylation sites is 2. The fourth-order valence-electron chi connectivity index (χ4n) is 2.40. The first kappa shape index (κ1) is 18.7. The van der Waals surface area contributed by atoms with Gasteiger partial charge in [-0.15, -0.1) is 0 Å². The van der Waals surface area contributed by atoms with Crippen molar-refractivity contribution in [3.63, 3.8) is 0 Å². The lowest BCUT2D eigenvalue weighted by Gasteiger charge is -2.14. The van der Waals surface area contributed by atoms with Crippen LogP contribution in [0.2, 0.25) is 0 Å². The van der Waals surface area contributed by atoms with Crippen molar-refractivity contribution < 1.29 is 22.3 Å². The molecule has 7 heteroatoms. The van der Waals surface area contributed by atoms with Gasteiger partial charge in [0, 0.05) is 0 Å². The first-order chi connectivity index (χ1) is 13.0. The highest BCUT2D eigenvalue weighted by Gasteiger charge is 2.20. The van der Waals surface area contributed by atoms with Crippen molar-refractivity contribution in [3.05, 3.63) is 78.6 Å².